The molecule has 6 nitrogen and oxygen atoms in total. The fourth-order valence-corrected chi connectivity index (χ4v) is 3.80. The van der Waals surface area contributed by atoms with Crippen LogP contribution in [-0.2, 0) is 11.3 Å². The van der Waals surface area contributed by atoms with Crippen LogP contribution in [0.15, 0.2) is 12.4 Å². The molecule has 0 spiro atoms. The summed E-state index contributed by atoms with van der Waals surface area (Å²) in [5.74, 6) is 1.83. The van der Waals surface area contributed by atoms with Crippen molar-refractivity contribution in [3.8, 4) is 0 Å². The van der Waals surface area contributed by atoms with E-state index in [9.17, 15) is 9.90 Å². The van der Waals surface area contributed by atoms with Gasteiger partial charge in [-0.1, -0.05) is 0 Å². The van der Waals surface area contributed by atoms with Crippen molar-refractivity contribution in [3.05, 3.63) is 18.2 Å². The van der Waals surface area contributed by atoms with Crippen LogP contribution < -0.4 is 0 Å². The lowest BCUT2D eigenvalue weighted by atomic mass is 9.95. The third kappa shape index (κ3) is 3.93. The lowest BCUT2D eigenvalue weighted by Crippen LogP contribution is -2.47. The molecule has 2 aliphatic rings. The molecule has 1 N–H and O–H groups in total. The zero-order chi connectivity index (χ0) is 16.2. The van der Waals surface area contributed by atoms with Crippen LogP contribution in [-0.4, -0.2) is 69.2 Å². The zero-order valence-electron chi connectivity index (χ0n) is 14.0. The molecule has 3 heterocycles. The average molecular weight is 320 g/mol. The van der Waals surface area contributed by atoms with Crippen molar-refractivity contribution in [1.82, 2.24) is 19.4 Å². The van der Waals surface area contributed by atoms with Crippen LogP contribution in [0.1, 0.15) is 44.3 Å². The monoisotopic (exact) mass is 320 g/mol. The Bertz CT molecular complexity index is 522. The van der Waals surface area contributed by atoms with Crippen LogP contribution in [0.5, 0.6) is 0 Å². The smallest absolute Gasteiger partial charge is 0.236 e. The van der Waals surface area contributed by atoms with Crippen molar-refractivity contribution in [1.29, 1.82) is 0 Å². The van der Waals surface area contributed by atoms with Gasteiger partial charge in [-0.05, 0) is 39.2 Å². The van der Waals surface area contributed by atoms with Gasteiger partial charge in [-0.15, -0.1) is 0 Å². The van der Waals surface area contributed by atoms with Gasteiger partial charge in [0.2, 0.25) is 5.91 Å². The van der Waals surface area contributed by atoms with E-state index in [1.54, 1.807) is 0 Å². The van der Waals surface area contributed by atoms with Crippen LogP contribution in [0.25, 0.3) is 0 Å². The van der Waals surface area contributed by atoms with E-state index in [1.165, 1.54) is 5.82 Å². The Kier molecular flexibility index (Phi) is 5.33. The predicted molar refractivity (Wildman–Crippen MR) is 88.1 cm³/mol. The maximum Gasteiger partial charge on any atom is 0.236 e. The molecule has 1 amide bonds. The minimum atomic E-state index is -0.268. The first-order chi connectivity index (χ1) is 11.2. The maximum atomic E-state index is 12.5. The summed E-state index contributed by atoms with van der Waals surface area (Å²) in [5.41, 5.74) is 0. The number of aliphatic hydroxyl groups is 1. The maximum absolute atomic E-state index is 12.5. The Morgan fingerprint density at radius 3 is 2.78 bits per heavy atom. The van der Waals surface area contributed by atoms with Gasteiger partial charge in [0, 0.05) is 44.5 Å². The van der Waals surface area contributed by atoms with Gasteiger partial charge in [0.25, 0.3) is 0 Å². The van der Waals surface area contributed by atoms with E-state index in [0.29, 0.717) is 19.0 Å². The number of hydrogen-bond donors (Lipinski definition) is 1. The van der Waals surface area contributed by atoms with E-state index in [0.717, 1.165) is 51.9 Å². The minimum absolute atomic E-state index is 0.205. The Hall–Kier alpha value is -1.40. The molecule has 0 aliphatic carbocycles. The molecule has 6 heteroatoms. The van der Waals surface area contributed by atoms with E-state index in [-0.39, 0.29) is 12.0 Å². The molecule has 0 saturated carbocycles. The number of carbonyl (C=O) groups is 1. The number of amides is 1. The summed E-state index contributed by atoms with van der Waals surface area (Å²) in [7, 11) is 0. The van der Waals surface area contributed by atoms with Gasteiger partial charge >= 0.3 is 0 Å². The first-order valence-electron chi connectivity index (χ1n) is 8.86. The van der Waals surface area contributed by atoms with Gasteiger partial charge in [-0.3, -0.25) is 9.69 Å². The molecular formula is C17H28N4O2. The van der Waals surface area contributed by atoms with Crippen molar-refractivity contribution in [2.45, 2.75) is 51.2 Å². The third-order valence-corrected chi connectivity index (χ3v) is 5.14. The molecular weight excluding hydrogens is 292 g/mol. The van der Waals surface area contributed by atoms with Gasteiger partial charge in [-0.2, -0.15) is 0 Å². The Morgan fingerprint density at radius 2 is 2.09 bits per heavy atom. The molecule has 23 heavy (non-hydrogen) atoms. The summed E-state index contributed by atoms with van der Waals surface area (Å²) in [6, 6.07) is 0. The topological polar surface area (TPSA) is 61.6 Å². The third-order valence-electron chi connectivity index (χ3n) is 5.14. The molecule has 1 atom stereocenters. The van der Waals surface area contributed by atoms with Gasteiger partial charge in [0.1, 0.15) is 5.82 Å². The number of rotatable bonds is 4. The van der Waals surface area contributed by atoms with Crippen molar-refractivity contribution in [2.24, 2.45) is 0 Å². The summed E-state index contributed by atoms with van der Waals surface area (Å²) in [5, 5.41) is 9.72. The highest BCUT2D eigenvalue weighted by Gasteiger charge is 2.28. The highest BCUT2D eigenvalue weighted by molar-refractivity contribution is 5.78. The van der Waals surface area contributed by atoms with Crippen LogP contribution in [0, 0.1) is 0 Å². The standard InChI is InChI=1S/C17H28N4O2/c1-2-20-11-7-18-17(20)14-5-9-21(10-6-14)16(23)13-19-8-3-4-15(22)12-19/h7,11,14-15,22H,2-6,8-10,12-13H2,1H3. The van der Waals surface area contributed by atoms with E-state index in [2.05, 4.69) is 21.4 Å². The molecule has 0 radical (unpaired) electrons. The SMILES string of the molecule is CCn1ccnc1C1CCN(C(=O)CN2CCCC(O)C2)CC1. The number of nitrogens with zero attached hydrogens (tertiary/aromatic N) is 4. The molecule has 128 valence electrons. The highest BCUT2D eigenvalue weighted by atomic mass is 16.3. The highest BCUT2D eigenvalue weighted by Crippen LogP contribution is 2.27. The summed E-state index contributed by atoms with van der Waals surface area (Å²) in [6.45, 7) is 6.73. The minimum Gasteiger partial charge on any atom is -0.392 e. The summed E-state index contributed by atoms with van der Waals surface area (Å²) in [4.78, 5) is 21.0. The second kappa shape index (κ2) is 7.45. The normalized spacial score (nSPS) is 24.1. The lowest BCUT2D eigenvalue weighted by Gasteiger charge is -2.35. The number of aryl methyl sites for hydroxylation is 1. The second-order valence-electron chi connectivity index (χ2n) is 6.76. The first-order valence-corrected chi connectivity index (χ1v) is 8.86. The van der Waals surface area contributed by atoms with Crippen molar-refractivity contribution in [3.63, 3.8) is 0 Å². The van der Waals surface area contributed by atoms with Crippen LogP contribution >= 0.6 is 0 Å². The number of imidazole rings is 1. The van der Waals surface area contributed by atoms with Crippen molar-refractivity contribution < 1.29 is 9.90 Å². The van der Waals surface area contributed by atoms with Gasteiger partial charge in [0.15, 0.2) is 0 Å². The fraction of sp³-hybridized carbons (Fsp3) is 0.765. The number of aromatic nitrogens is 2. The van der Waals surface area contributed by atoms with Gasteiger partial charge in [-0.25, -0.2) is 4.98 Å². The number of β-amino-alcohol motifs (C(OH)–C–C–N with tert-alkyl or cyclic N) is 1. The predicted octanol–water partition coefficient (Wildman–Crippen LogP) is 1.07. The lowest BCUT2D eigenvalue weighted by molar-refractivity contribution is -0.134. The zero-order valence-corrected chi connectivity index (χ0v) is 14.0. The molecule has 1 aromatic heterocycles. The number of hydrogen-bond acceptors (Lipinski definition) is 4. The molecule has 0 aromatic carbocycles. The second-order valence-corrected chi connectivity index (χ2v) is 6.76. The number of aliphatic hydroxyl groups excluding tert-OH is 1. The Balaban J connectivity index is 1.49. The summed E-state index contributed by atoms with van der Waals surface area (Å²) >= 11 is 0. The molecule has 2 fully saturated rings. The number of piperidine rings is 2. The average Bonchev–Trinajstić information content (AvgIpc) is 3.03. The van der Waals surface area contributed by atoms with E-state index < -0.39 is 0 Å². The molecule has 3 rings (SSSR count). The Labute approximate surface area is 138 Å². The molecule has 1 aromatic rings. The van der Waals surface area contributed by atoms with Crippen LogP contribution in [0.3, 0.4) is 0 Å². The first kappa shape index (κ1) is 16.5. The van der Waals surface area contributed by atoms with E-state index >= 15 is 0 Å². The van der Waals surface area contributed by atoms with Crippen molar-refractivity contribution >= 4 is 5.91 Å². The largest absolute Gasteiger partial charge is 0.392 e. The number of likely N-dealkylation sites (tertiary alicyclic amines) is 2. The molecule has 2 saturated heterocycles. The molecule has 0 bridgehead atoms. The van der Waals surface area contributed by atoms with Gasteiger partial charge < -0.3 is 14.6 Å². The van der Waals surface area contributed by atoms with E-state index in [4.69, 9.17) is 0 Å². The van der Waals surface area contributed by atoms with Crippen LogP contribution in [0.4, 0.5) is 0 Å². The number of carbonyl (C=O) groups excluding carboxylic acids is 1. The summed E-state index contributed by atoms with van der Waals surface area (Å²) < 4.78 is 2.21. The van der Waals surface area contributed by atoms with Crippen molar-refractivity contribution in [2.75, 3.05) is 32.7 Å². The summed E-state index contributed by atoms with van der Waals surface area (Å²) in [6.07, 6.45) is 7.47. The molecule has 2 aliphatic heterocycles. The van der Waals surface area contributed by atoms with Crippen LogP contribution in [0.2, 0.25) is 0 Å². The fourth-order valence-electron chi connectivity index (χ4n) is 3.80. The Morgan fingerprint density at radius 1 is 1.30 bits per heavy atom. The molecule has 1 unspecified atom stereocenters. The van der Waals surface area contributed by atoms with E-state index in [1.807, 2.05) is 17.3 Å². The van der Waals surface area contributed by atoms with Gasteiger partial charge in [0.05, 0.1) is 12.6 Å². The quantitative estimate of drug-likeness (QED) is 0.901.